The molecule has 0 amide bonds. The van der Waals surface area contributed by atoms with E-state index in [0.29, 0.717) is 59.9 Å². The molecule has 0 bridgehead atoms. The molecule has 192 valence electrons. The first-order valence-electron chi connectivity index (χ1n) is 11.7. The molecule has 0 fully saturated rings. The van der Waals surface area contributed by atoms with E-state index in [1.165, 1.54) is 11.3 Å². The minimum Gasteiger partial charge on any atom is -0.385 e. The highest BCUT2D eigenvalue weighted by Crippen LogP contribution is 2.34. The number of pyridine rings is 1. The standard InChI is InChI=1S/C24H28N10O2S/c1-16-17(14-25)21(26-10-6-12-35-2)30-22(27-11-7-13-36-3)20(16)31-32-23-28-15-34(33-23)24-29-18-8-4-5-9-19(18)37-24/h4-5,8-9,15H,6-7,10-13H2,1-3H3,(H2,26,27,30)/b32-31+. The van der Waals surface area contributed by atoms with Crippen LogP contribution in [-0.2, 0) is 9.47 Å². The van der Waals surface area contributed by atoms with Crippen LogP contribution in [0.15, 0.2) is 40.8 Å². The maximum atomic E-state index is 9.84. The molecule has 0 atom stereocenters. The Kier molecular flexibility index (Phi) is 9.03. The molecule has 12 nitrogen and oxygen atoms in total. The van der Waals surface area contributed by atoms with E-state index in [-0.39, 0.29) is 5.95 Å². The van der Waals surface area contributed by atoms with Crippen LogP contribution in [0, 0.1) is 18.3 Å². The van der Waals surface area contributed by atoms with Crippen molar-refractivity contribution in [2.45, 2.75) is 19.8 Å². The van der Waals surface area contributed by atoms with E-state index in [4.69, 9.17) is 9.47 Å². The van der Waals surface area contributed by atoms with E-state index in [0.717, 1.165) is 23.1 Å². The predicted octanol–water partition coefficient (Wildman–Crippen LogP) is 4.76. The van der Waals surface area contributed by atoms with Crippen LogP contribution in [0.2, 0.25) is 0 Å². The molecule has 1 aromatic carbocycles. The summed E-state index contributed by atoms with van der Waals surface area (Å²) in [5, 5.41) is 30.1. The Balaban J connectivity index is 1.60. The van der Waals surface area contributed by atoms with Gasteiger partial charge < -0.3 is 20.1 Å². The summed E-state index contributed by atoms with van der Waals surface area (Å²) in [7, 11) is 3.31. The molecule has 0 radical (unpaired) electrons. The van der Waals surface area contributed by atoms with Crippen molar-refractivity contribution in [2.24, 2.45) is 10.2 Å². The fourth-order valence-corrected chi connectivity index (χ4v) is 4.38. The summed E-state index contributed by atoms with van der Waals surface area (Å²) < 4.78 is 12.9. The predicted molar refractivity (Wildman–Crippen MR) is 142 cm³/mol. The molecule has 0 spiro atoms. The summed E-state index contributed by atoms with van der Waals surface area (Å²) in [5.41, 5.74) is 2.40. The number of nitrogens with one attached hydrogen (secondary N) is 2. The average Bonchev–Trinajstić information content (AvgIpc) is 3.56. The van der Waals surface area contributed by atoms with Crippen molar-refractivity contribution in [1.82, 2.24) is 24.7 Å². The number of hydrogen-bond donors (Lipinski definition) is 2. The molecule has 0 saturated carbocycles. The van der Waals surface area contributed by atoms with Crippen LogP contribution in [0.5, 0.6) is 0 Å². The van der Waals surface area contributed by atoms with Gasteiger partial charge in [-0.15, -0.1) is 15.3 Å². The normalized spacial score (nSPS) is 11.3. The molecule has 4 rings (SSSR count). The van der Waals surface area contributed by atoms with Gasteiger partial charge in [-0.05, 0) is 31.9 Å². The van der Waals surface area contributed by atoms with Gasteiger partial charge in [-0.25, -0.2) is 9.97 Å². The highest BCUT2D eigenvalue weighted by Gasteiger charge is 2.18. The molecule has 3 heterocycles. The number of methoxy groups -OCH3 is 2. The van der Waals surface area contributed by atoms with Gasteiger partial charge >= 0.3 is 0 Å². The van der Waals surface area contributed by atoms with Crippen LogP contribution >= 0.6 is 11.3 Å². The smallest absolute Gasteiger partial charge is 0.287 e. The van der Waals surface area contributed by atoms with Gasteiger partial charge in [0, 0.05) is 46.1 Å². The van der Waals surface area contributed by atoms with Gasteiger partial charge in [-0.3, -0.25) is 0 Å². The molecule has 3 aromatic heterocycles. The van der Waals surface area contributed by atoms with Gasteiger partial charge in [-0.2, -0.15) is 14.9 Å². The third-order valence-electron chi connectivity index (χ3n) is 5.36. The second-order valence-electron chi connectivity index (χ2n) is 7.97. The summed E-state index contributed by atoms with van der Waals surface area (Å²) in [4.78, 5) is 13.5. The number of aromatic nitrogens is 5. The minimum absolute atomic E-state index is 0.171. The number of hydrogen-bond acceptors (Lipinski definition) is 12. The van der Waals surface area contributed by atoms with Gasteiger partial charge in [0.2, 0.25) is 5.13 Å². The highest BCUT2D eigenvalue weighted by molar-refractivity contribution is 7.20. The SMILES string of the molecule is COCCCNc1nc(NCCCOC)c(/N=N/c2ncn(-c3nc4ccccc4s3)n2)c(C)c1C#N. The van der Waals surface area contributed by atoms with Crippen molar-refractivity contribution in [3.05, 3.63) is 41.7 Å². The van der Waals surface area contributed by atoms with Crippen molar-refractivity contribution < 1.29 is 9.47 Å². The van der Waals surface area contributed by atoms with Crippen LogP contribution in [0.4, 0.5) is 23.3 Å². The van der Waals surface area contributed by atoms with E-state index < -0.39 is 0 Å². The lowest BCUT2D eigenvalue weighted by Gasteiger charge is -2.15. The second kappa shape index (κ2) is 12.8. The number of para-hydroxylation sites is 1. The van der Waals surface area contributed by atoms with Crippen LogP contribution in [0.1, 0.15) is 24.0 Å². The molecule has 0 aliphatic heterocycles. The monoisotopic (exact) mass is 520 g/mol. The first kappa shape index (κ1) is 26.1. The third-order valence-corrected chi connectivity index (χ3v) is 6.39. The van der Waals surface area contributed by atoms with Crippen molar-refractivity contribution >= 4 is 44.8 Å². The number of nitrogens with zero attached hydrogens (tertiary/aromatic N) is 8. The van der Waals surface area contributed by atoms with Crippen LogP contribution in [0.25, 0.3) is 15.3 Å². The molecule has 2 N–H and O–H groups in total. The summed E-state index contributed by atoms with van der Waals surface area (Å²) in [6, 6.07) is 10.1. The van der Waals surface area contributed by atoms with Crippen molar-refractivity contribution in [3.63, 3.8) is 0 Å². The summed E-state index contributed by atoms with van der Waals surface area (Å²) in [6.07, 6.45) is 3.11. The van der Waals surface area contributed by atoms with Gasteiger partial charge in [0.15, 0.2) is 5.82 Å². The van der Waals surface area contributed by atoms with Gasteiger partial charge in [-0.1, -0.05) is 23.5 Å². The first-order chi connectivity index (χ1) is 18.1. The molecule has 4 aromatic rings. The zero-order chi connectivity index (χ0) is 26.0. The molecule has 0 saturated heterocycles. The Morgan fingerprint density at radius 1 is 1.03 bits per heavy atom. The number of anilines is 2. The average molecular weight is 521 g/mol. The number of rotatable bonds is 13. The first-order valence-corrected chi connectivity index (χ1v) is 12.6. The second-order valence-corrected chi connectivity index (χ2v) is 8.98. The lowest BCUT2D eigenvalue weighted by atomic mass is 10.1. The van der Waals surface area contributed by atoms with Crippen LogP contribution in [-0.4, -0.2) is 65.3 Å². The molecule has 13 heteroatoms. The molecule has 0 unspecified atom stereocenters. The quantitative estimate of drug-likeness (QED) is 0.188. The Labute approximate surface area is 218 Å². The van der Waals surface area contributed by atoms with Crippen LogP contribution in [0.3, 0.4) is 0 Å². The van der Waals surface area contributed by atoms with Gasteiger partial charge in [0.05, 0.1) is 15.8 Å². The number of ether oxygens (including phenoxy) is 2. The van der Waals surface area contributed by atoms with Crippen molar-refractivity contribution in [1.29, 1.82) is 5.26 Å². The minimum atomic E-state index is 0.171. The molecular weight excluding hydrogens is 492 g/mol. The number of nitriles is 1. The number of benzene rings is 1. The maximum absolute atomic E-state index is 9.84. The largest absolute Gasteiger partial charge is 0.385 e. The van der Waals surface area contributed by atoms with Crippen molar-refractivity contribution in [3.8, 4) is 11.2 Å². The molecule has 37 heavy (non-hydrogen) atoms. The fraction of sp³-hybridized carbons (Fsp3) is 0.375. The van der Waals surface area contributed by atoms with Crippen LogP contribution < -0.4 is 10.6 Å². The Morgan fingerprint density at radius 2 is 1.76 bits per heavy atom. The van der Waals surface area contributed by atoms with E-state index in [1.807, 2.05) is 31.2 Å². The van der Waals surface area contributed by atoms with Gasteiger partial charge in [0.1, 0.15) is 23.9 Å². The van der Waals surface area contributed by atoms with E-state index in [1.54, 1.807) is 25.2 Å². The van der Waals surface area contributed by atoms with Gasteiger partial charge in [0.25, 0.3) is 5.95 Å². The zero-order valence-electron chi connectivity index (χ0n) is 20.9. The number of azo groups is 1. The Bertz CT molecular complexity index is 1380. The topological polar surface area (TPSA) is 148 Å². The highest BCUT2D eigenvalue weighted by atomic mass is 32.1. The van der Waals surface area contributed by atoms with E-state index in [2.05, 4.69) is 47.0 Å². The maximum Gasteiger partial charge on any atom is 0.287 e. The molecule has 0 aliphatic rings. The fourth-order valence-electron chi connectivity index (χ4n) is 3.50. The number of thiazole rings is 1. The lowest BCUT2D eigenvalue weighted by Crippen LogP contribution is -2.12. The van der Waals surface area contributed by atoms with E-state index >= 15 is 0 Å². The van der Waals surface area contributed by atoms with Crippen molar-refractivity contribution in [2.75, 3.05) is 51.2 Å². The lowest BCUT2D eigenvalue weighted by molar-refractivity contribution is 0.197. The molecular formula is C24H28N10O2S. The third kappa shape index (κ3) is 6.42. The zero-order valence-corrected chi connectivity index (χ0v) is 21.7. The Morgan fingerprint density at radius 3 is 2.46 bits per heavy atom. The Hall–Kier alpha value is -3.99. The number of fused-ring (bicyclic) bond motifs is 1. The summed E-state index contributed by atoms with van der Waals surface area (Å²) in [5.74, 6) is 1.17. The summed E-state index contributed by atoms with van der Waals surface area (Å²) in [6.45, 7) is 4.27. The van der Waals surface area contributed by atoms with E-state index in [9.17, 15) is 5.26 Å². The molecule has 0 aliphatic carbocycles. The summed E-state index contributed by atoms with van der Waals surface area (Å²) >= 11 is 1.51.